The molecule has 5 aromatic rings. The van der Waals surface area contributed by atoms with Crippen LogP contribution < -0.4 is 11.5 Å². The normalized spacial score (nSPS) is 15.6. The highest BCUT2D eigenvalue weighted by Gasteiger charge is 2.43. The van der Waals surface area contributed by atoms with Gasteiger partial charge in [-0.3, -0.25) is 4.79 Å². The number of halogens is 1. The molecule has 0 radical (unpaired) electrons. The molecule has 4 N–H and O–H groups in total. The van der Waals surface area contributed by atoms with E-state index in [1.54, 1.807) is 16.0 Å². The molecule has 10 heteroatoms. The van der Waals surface area contributed by atoms with Gasteiger partial charge in [-0.2, -0.15) is 5.10 Å². The summed E-state index contributed by atoms with van der Waals surface area (Å²) in [6.07, 6.45) is 5.39. The summed E-state index contributed by atoms with van der Waals surface area (Å²) in [5.41, 5.74) is 14.6. The van der Waals surface area contributed by atoms with E-state index >= 15 is 0 Å². The number of nitrogen functional groups attached to an aromatic ring is 1. The Hall–Kier alpha value is -3.56. The van der Waals surface area contributed by atoms with Gasteiger partial charge in [-0.15, -0.1) is 11.3 Å². The zero-order chi connectivity index (χ0) is 24.2. The van der Waals surface area contributed by atoms with Crippen LogP contribution in [0.5, 0.6) is 0 Å². The Labute approximate surface area is 210 Å². The van der Waals surface area contributed by atoms with Gasteiger partial charge in [0.2, 0.25) is 5.91 Å². The van der Waals surface area contributed by atoms with Crippen molar-refractivity contribution in [2.24, 2.45) is 5.73 Å². The van der Waals surface area contributed by atoms with Crippen molar-refractivity contribution in [3.05, 3.63) is 53.1 Å². The number of carbonyl (C=O) groups excluding carboxylic acids is 1. The summed E-state index contributed by atoms with van der Waals surface area (Å²) < 4.78 is 1.66. The minimum absolute atomic E-state index is 0.267. The Morgan fingerprint density at radius 1 is 1.11 bits per heavy atom. The van der Waals surface area contributed by atoms with Crippen LogP contribution in [-0.4, -0.2) is 30.6 Å². The Balaban J connectivity index is 1.60. The highest BCUT2D eigenvalue weighted by atomic mass is 35.5. The molecule has 1 aliphatic carbocycles. The largest absolute Gasteiger partial charge is 0.383 e. The first kappa shape index (κ1) is 21.9. The molecule has 1 amide bonds. The van der Waals surface area contributed by atoms with Crippen LogP contribution in [0.3, 0.4) is 0 Å². The van der Waals surface area contributed by atoms with Crippen molar-refractivity contribution < 1.29 is 4.79 Å². The van der Waals surface area contributed by atoms with Crippen LogP contribution in [0.1, 0.15) is 32.1 Å². The van der Waals surface area contributed by atoms with Gasteiger partial charge >= 0.3 is 0 Å². The van der Waals surface area contributed by atoms with Crippen molar-refractivity contribution in [2.45, 2.75) is 37.6 Å². The highest BCUT2D eigenvalue weighted by Crippen LogP contribution is 2.42. The molecule has 0 saturated heterocycles. The number of hydrogen-bond donors (Lipinski definition) is 2. The van der Waals surface area contributed by atoms with Gasteiger partial charge in [-0.25, -0.2) is 19.6 Å². The molecule has 8 nitrogen and oxygen atoms in total. The molecule has 1 fully saturated rings. The van der Waals surface area contributed by atoms with E-state index in [1.165, 1.54) is 6.33 Å². The van der Waals surface area contributed by atoms with Crippen molar-refractivity contribution in [3.63, 3.8) is 0 Å². The van der Waals surface area contributed by atoms with Crippen molar-refractivity contribution in [1.82, 2.24) is 24.7 Å². The fourth-order valence-electron chi connectivity index (χ4n) is 5.05. The molecule has 6 rings (SSSR count). The first-order valence-electron chi connectivity index (χ1n) is 11.4. The van der Waals surface area contributed by atoms with E-state index in [9.17, 15) is 4.79 Å². The number of pyridine rings is 1. The summed E-state index contributed by atoms with van der Waals surface area (Å²) in [6.45, 7) is 0. The second kappa shape index (κ2) is 8.28. The van der Waals surface area contributed by atoms with Crippen LogP contribution in [0.15, 0.2) is 48.1 Å². The van der Waals surface area contributed by atoms with Gasteiger partial charge in [0.15, 0.2) is 5.65 Å². The highest BCUT2D eigenvalue weighted by molar-refractivity contribution is 7.13. The smallest absolute Gasteiger partial charge is 0.245 e. The van der Waals surface area contributed by atoms with Crippen LogP contribution in [0.2, 0.25) is 5.02 Å². The van der Waals surface area contributed by atoms with Gasteiger partial charge in [0.25, 0.3) is 0 Å². The molecule has 176 valence electrons. The number of benzene rings is 1. The molecule has 0 bridgehead atoms. The van der Waals surface area contributed by atoms with Crippen molar-refractivity contribution in [2.75, 3.05) is 5.73 Å². The monoisotopic (exact) mass is 503 g/mol. The van der Waals surface area contributed by atoms with E-state index in [-0.39, 0.29) is 5.82 Å². The SMILES string of the molecule is NC(=O)C1(n2nc(-c3cc4nc(-c5cccs5)ccc4cc3Cl)c3c(N)ncnc32)CCCCC1. The maximum absolute atomic E-state index is 12.8. The number of amides is 1. The zero-order valence-electron chi connectivity index (χ0n) is 18.7. The first-order chi connectivity index (χ1) is 17.0. The maximum Gasteiger partial charge on any atom is 0.245 e. The first-order valence-corrected chi connectivity index (χ1v) is 12.7. The molecule has 0 atom stereocenters. The summed E-state index contributed by atoms with van der Waals surface area (Å²) in [4.78, 5) is 27.4. The lowest BCUT2D eigenvalue weighted by Crippen LogP contribution is -2.48. The van der Waals surface area contributed by atoms with Crippen molar-refractivity contribution in [1.29, 1.82) is 0 Å². The number of hydrogen-bond acceptors (Lipinski definition) is 7. The van der Waals surface area contributed by atoms with Crippen LogP contribution >= 0.6 is 22.9 Å². The molecular weight excluding hydrogens is 482 g/mol. The number of anilines is 1. The molecule has 1 aromatic carbocycles. The zero-order valence-corrected chi connectivity index (χ0v) is 20.3. The minimum atomic E-state index is -0.969. The van der Waals surface area contributed by atoms with Gasteiger partial charge in [-0.05, 0) is 42.5 Å². The van der Waals surface area contributed by atoms with Gasteiger partial charge < -0.3 is 11.5 Å². The van der Waals surface area contributed by atoms with Gasteiger partial charge in [0, 0.05) is 10.9 Å². The average Bonchev–Trinajstić information content (AvgIpc) is 3.53. The van der Waals surface area contributed by atoms with Crippen LogP contribution in [0, 0.1) is 0 Å². The van der Waals surface area contributed by atoms with E-state index in [4.69, 9.17) is 33.2 Å². The topological polar surface area (TPSA) is 126 Å². The molecule has 35 heavy (non-hydrogen) atoms. The molecule has 0 aliphatic heterocycles. The van der Waals surface area contributed by atoms with E-state index in [2.05, 4.69) is 9.97 Å². The molecular formula is C25H22ClN7OS. The summed E-state index contributed by atoms with van der Waals surface area (Å²) in [6, 6.07) is 11.8. The second-order valence-corrected chi connectivity index (χ2v) is 10.2. The minimum Gasteiger partial charge on any atom is -0.383 e. The second-order valence-electron chi connectivity index (χ2n) is 8.87. The lowest BCUT2D eigenvalue weighted by Gasteiger charge is -2.34. The van der Waals surface area contributed by atoms with Crippen LogP contribution in [0.4, 0.5) is 5.82 Å². The maximum atomic E-state index is 12.8. The summed E-state index contributed by atoms with van der Waals surface area (Å²) in [7, 11) is 0. The molecule has 4 aromatic heterocycles. The fourth-order valence-corrected chi connectivity index (χ4v) is 6.00. The summed E-state index contributed by atoms with van der Waals surface area (Å²) in [5, 5.41) is 8.88. The standard InChI is InChI=1S/C25H22ClN7OS/c26-16-11-14-6-7-17(19-5-4-10-35-19)31-18(14)12-15(16)21-20-22(27)29-13-30-23(20)33(32-21)25(24(28)34)8-2-1-3-9-25/h4-7,10-13H,1-3,8-9H2,(H2,28,34)(H2,27,29,30). The number of thiophene rings is 1. The predicted molar refractivity (Wildman–Crippen MR) is 139 cm³/mol. The van der Waals surface area contributed by atoms with Crippen molar-refractivity contribution >= 4 is 56.6 Å². The molecule has 1 aliphatic rings. The molecule has 0 unspecified atom stereocenters. The molecule has 1 saturated carbocycles. The Kier molecular flexibility index (Phi) is 5.19. The third-order valence-corrected chi connectivity index (χ3v) is 8.05. The predicted octanol–water partition coefficient (Wildman–Crippen LogP) is 5.15. The van der Waals surface area contributed by atoms with Gasteiger partial charge in [0.1, 0.15) is 23.4 Å². The third-order valence-electron chi connectivity index (χ3n) is 6.85. The Bertz CT molecular complexity index is 1590. The number of rotatable bonds is 4. The van der Waals surface area contributed by atoms with Gasteiger partial charge in [0.05, 0.1) is 26.5 Å². The van der Waals surface area contributed by atoms with E-state index in [0.717, 1.165) is 40.7 Å². The third kappa shape index (κ3) is 3.45. The van der Waals surface area contributed by atoms with Crippen LogP contribution in [0.25, 0.3) is 43.8 Å². The lowest BCUT2D eigenvalue weighted by atomic mass is 9.81. The van der Waals surface area contributed by atoms with E-state index < -0.39 is 11.4 Å². The average molecular weight is 504 g/mol. The van der Waals surface area contributed by atoms with Gasteiger partial charge in [-0.1, -0.05) is 43.0 Å². The number of carbonyl (C=O) groups is 1. The van der Waals surface area contributed by atoms with E-state index in [0.29, 0.717) is 40.2 Å². The number of aromatic nitrogens is 5. The summed E-state index contributed by atoms with van der Waals surface area (Å²) in [5.74, 6) is -0.152. The summed E-state index contributed by atoms with van der Waals surface area (Å²) >= 11 is 8.41. The number of primary amides is 1. The molecule has 0 spiro atoms. The number of fused-ring (bicyclic) bond motifs is 2. The van der Waals surface area contributed by atoms with Crippen LogP contribution in [-0.2, 0) is 10.3 Å². The lowest BCUT2D eigenvalue weighted by molar-refractivity contribution is -0.128. The van der Waals surface area contributed by atoms with E-state index in [1.807, 2.05) is 41.8 Å². The fraction of sp³-hybridized carbons (Fsp3) is 0.240. The van der Waals surface area contributed by atoms with Crippen molar-refractivity contribution in [3.8, 4) is 21.8 Å². The Morgan fingerprint density at radius 2 is 1.94 bits per heavy atom. The quantitative estimate of drug-likeness (QED) is 0.349. The Morgan fingerprint density at radius 3 is 2.69 bits per heavy atom. The number of nitrogens with zero attached hydrogens (tertiary/aromatic N) is 5. The number of nitrogens with two attached hydrogens (primary N) is 2. The molecule has 4 heterocycles.